The van der Waals surface area contributed by atoms with Crippen LogP contribution in [-0.2, 0) is 4.79 Å². The van der Waals surface area contributed by atoms with Crippen molar-refractivity contribution in [3.05, 3.63) is 41.7 Å². The van der Waals surface area contributed by atoms with E-state index in [2.05, 4.69) is 5.32 Å². The Balaban J connectivity index is 2.64. The molecule has 0 heterocycles. The third-order valence-corrected chi connectivity index (χ3v) is 1.63. The Labute approximate surface area is 82.4 Å². The SMILES string of the molecule is CCNC(=O)/C=C/c1cccc(F)c1. The number of halogens is 1. The molecule has 0 fully saturated rings. The van der Waals surface area contributed by atoms with E-state index in [9.17, 15) is 9.18 Å². The molecule has 74 valence electrons. The molecule has 0 spiro atoms. The summed E-state index contributed by atoms with van der Waals surface area (Å²) in [5, 5.41) is 2.61. The van der Waals surface area contributed by atoms with Crippen LogP contribution in [0.1, 0.15) is 12.5 Å². The standard InChI is InChI=1S/C11H12FNO/c1-2-13-11(14)7-6-9-4-3-5-10(12)8-9/h3-8H,2H2,1H3,(H,13,14)/b7-6+. The van der Waals surface area contributed by atoms with Crippen LogP contribution in [0.3, 0.4) is 0 Å². The molecule has 3 heteroatoms. The summed E-state index contributed by atoms with van der Waals surface area (Å²) in [4.78, 5) is 11.0. The fraction of sp³-hybridized carbons (Fsp3) is 0.182. The lowest BCUT2D eigenvalue weighted by molar-refractivity contribution is -0.116. The van der Waals surface area contributed by atoms with Crippen LogP contribution in [-0.4, -0.2) is 12.5 Å². The van der Waals surface area contributed by atoms with Gasteiger partial charge in [0.15, 0.2) is 0 Å². The van der Waals surface area contributed by atoms with E-state index >= 15 is 0 Å². The van der Waals surface area contributed by atoms with Crippen LogP contribution in [0.25, 0.3) is 6.08 Å². The van der Waals surface area contributed by atoms with Gasteiger partial charge in [0.2, 0.25) is 5.91 Å². The molecule has 0 aromatic heterocycles. The molecule has 0 atom stereocenters. The van der Waals surface area contributed by atoms with Crippen LogP contribution in [0.15, 0.2) is 30.3 Å². The van der Waals surface area contributed by atoms with Gasteiger partial charge >= 0.3 is 0 Å². The number of carbonyl (C=O) groups excluding carboxylic acids is 1. The van der Waals surface area contributed by atoms with Gasteiger partial charge in [0.1, 0.15) is 5.82 Å². The summed E-state index contributed by atoms with van der Waals surface area (Å²) >= 11 is 0. The minimum atomic E-state index is -0.303. The quantitative estimate of drug-likeness (QED) is 0.730. The molecule has 2 nitrogen and oxygen atoms in total. The van der Waals surface area contributed by atoms with Crippen molar-refractivity contribution >= 4 is 12.0 Å². The Morgan fingerprint density at radius 3 is 3.00 bits per heavy atom. The van der Waals surface area contributed by atoms with Crippen molar-refractivity contribution < 1.29 is 9.18 Å². The second-order valence-corrected chi connectivity index (χ2v) is 2.78. The Hall–Kier alpha value is -1.64. The summed E-state index contributed by atoms with van der Waals surface area (Å²) in [6.45, 7) is 2.43. The van der Waals surface area contributed by atoms with E-state index in [1.807, 2.05) is 6.92 Å². The number of rotatable bonds is 3. The van der Waals surface area contributed by atoms with E-state index in [0.29, 0.717) is 12.1 Å². The first-order valence-electron chi connectivity index (χ1n) is 4.44. The molecule has 0 saturated heterocycles. The smallest absolute Gasteiger partial charge is 0.243 e. The fourth-order valence-electron chi connectivity index (χ4n) is 1.02. The summed E-state index contributed by atoms with van der Waals surface area (Å²) in [5.74, 6) is -0.472. The van der Waals surface area contributed by atoms with E-state index in [0.717, 1.165) is 0 Å². The molecule has 0 aliphatic heterocycles. The molecular formula is C11H12FNO. The highest BCUT2D eigenvalue weighted by Gasteiger charge is 1.93. The first-order valence-corrected chi connectivity index (χ1v) is 4.44. The molecule has 1 amide bonds. The highest BCUT2D eigenvalue weighted by Crippen LogP contribution is 2.04. The fourth-order valence-corrected chi connectivity index (χ4v) is 1.02. The monoisotopic (exact) mass is 193 g/mol. The predicted molar refractivity (Wildman–Crippen MR) is 54.1 cm³/mol. The lowest BCUT2D eigenvalue weighted by Gasteiger charge is -1.95. The zero-order valence-corrected chi connectivity index (χ0v) is 7.96. The molecular weight excluding hydrogens is 181 g/mol. The van der Waals surface area contributed by atoms with Gasteiger partial charge in [0.05, 0.1) is 0 Å². The van der Waals surface area contributed by atoms with Crippen LogP contribution in [0.4, 0.5) is 4.39 Å². The van der Waals surface area contributed by atoms with E-state index in [1.54, 1.807) is 18.2 Å². The molecule has 1 N–H and O–H groups in total. The van der Waals surface area contributed by atoms with Gasteiger partial charge in [-0.15, -0.1) is 0 Å². The van der Waals surface area contributed by atoms with Crippen LogP contribution < -0.4 is 5.32 Å². The number of nitrogens with one attached hydrogen (secondary N) is 1. The van der Waals surface area contributed by atoms with Gasteiger partial charge < -0.3 is 5.32 Å². The second-order valence-electron chi connectivity index (χ2n) is 2.78. The first-order chi connectivity index (χ1) is 6.72. The number of hydrogen-bond donors (Lipinski definition) is 1. The van der Waals surface area contributed by atoms with Gasteiger partial charge in [-0.2, -0.15) is 0 Å². The Morgan fingerprint density at radius 1 is 1.57 bits per heavy atom. The highest BCUT2D eigenvalue weighted by molar-refractivity contribution is 5.91. The van der Waals surface area contributed by atoms with Gasteiger partial charge in [-0.3, -0.25) is 4.79 Å². The lowest BCUT2D eigenvalue weighted by Crippen LogP contribution is -2.19. The van der Waals surface area contributed by atoms with Crippen molar-refractivity contribution in [1.29, 1.82) is 0 Å². The van der Waals surface area contributed by atoms with Crippen molar-refractivity contribution in [2.45, 2.75) is 6.92 Å². The zero-order chi connectivity index (χ0) is 10.4. The lowest BCUT2D eigenvalue weighted by atomic mass is 10.2. The molecule has 1 aromatic rings. The van der Waals surface area contributed by atoms with Crippen LogP contribution in [0.2, 0.25) is 0 Å². The maximum Gasteiger partial charge on any atom is 0.243 e. The average Bonchev–Trinajstić information content (AvgIpc) is 2.15. The number of benzene rings is 1. The number of likely N-dealkylation sites (N-methyl/N-ethyl adjacent to an activating group) is 1. The first kappa shape index (κ1) is 10.4. The third kappa shape index (κ3) is 3.39. The van der Waals surface area contributed by atoms with E-state index in [-0.39, 0.29) is 11.7 Å². The molecule has 0 aliphatic carbocycles. The van der Waals surface area contributed by atoms with E-state index < -0.39 is 0 Å². The largest absolute Gasteiger partial charge is 0.353 e. The van der Waals surface area contributed by atoms with Gasteiger partial charge in [-0.1, -0.05) is 12.1 Å². The van der Waals surface area contributed by atoms with Crippen molar-refractivity contribution in [3.8, 4) is 0 Å². The van der Waals surface area contributed by atoms with Crippen molar-refractivity contribution in [3.63, 3.8) is 0 Å². The number of amides is 1. The molecule has 0 bridgehead atoms. The molecule has 1 aromatic carbocycles. The van der Waals surface area contributed by atoms with Crippen molar-refractivity contribution in [1.82, 2.24) is 5.32 Å². The Kier molecular flexibility index (Phi) is 3.85. The maximum atomic E-state index is 12.7. The van der Waals surface area contributed by atoms with E-state index in [1.165, 1.54) is 18.2 Å². The summed E-state index contributed by atoms with van der Waals surface area (Å²) in [5.41, 5.74) is 0.677. The summed E-state index contributed by atoms with van der Waals surface area (Å²) in [7, 11) is 0. The topological polar surface area (TPSA) is 29.1 Å². The second kappa shape index (κ2) is 5.17. The molecule has 0 radical (unpaired) electrons. The van der Waals surface area contributed by atoms with Crippen LogP contribution in [0, 0.1) is 5.82 Å². The maximum absolute atomic E-state index is 12.7. The summed E-state index contributed by atoms with van der Waals surface area (Å²) < 4.78 is 12.7. The normalized spacial score (nSPS) is 10.4. The van der Waals surface area contributed by atoms with Gasteiger partial charge in [-0.25, -0.2) is 4.39 Å². The molecule has 0 aliphatic rings. The van der Waals surface area contributed by atoms with Gasteiger partial charge in [0.25, 0.3) is 0 Å². The minimum absolute atomic E-state index is 0.170. The van der Waals surface area contributed by atoms with Crippen LogP contribution >= 0.6 is 0 Å². The van der Waals surface area contributed by atoms with E-state index in [4.69, 9.17) is 0 Å². The molecule has 14 heavy (non-hydrogen) atoms. The number of carbonyl (C=O) groups is 1. The Morgan fingerprint density at radius 2 is 2.36 bits per heavy atom. The summed E-state index contributed by atoms with van der Waals surface area (Å²) in [6, 6.07) is 6.07. The van der Waals surface area contributed by atoms with Gasteiger partial charge in [-0.05, 0) is 30.7 Å². The predicted octanol–water partition coefficient (Wildman–Crippen LogP) is 1.98. The van der Waals surface area contributed by atoms with Crippen LogP contribution in [0.5, 0.6) is 0 Å². The number of hydrogen-bond acceptors (Lipinski definition) is 1. The highest BCUT2D eigenvalue weighted by atomic mass is 19.1. The average molecular weight is 193 g/mol. The molecule has 0 unspecified atom stereocenters. The molecule has 1 rings (SSSR count). The Bertz CT molecular complexity index is 347. The molecule has 0 saturated carbocycles. The van der Waals surface area contributed by atoms with Gasteiger partial charge in [0, 0.05) is 12.6 Å². The summed E-state index contributed by atoms with van der Waals surface area (Å²) in [6.07, 6.45) is 2.96. The van der Waals surface area contributed by atoms with Crippen molar-refractivity contribution in [2.24, 2.45) is 0 Å². The minimum Gasteiger partial charge on any atom is -0.353 e. The van der Waals surface area contributed by atoms with Crippen molar-refractivity contribution in [2.75, 3.05) is 6.54 Å². The third-order valence-electron chi connectivity index (χ3n) is 1.63. The zero-order valence-electron chi connectivity index (χ0n) is 7.96.